The Hall–Kier alpha value is -3.93. The van der Waals surface area contributed by atoms with Gasteiger partial charge in [-0.3, -0.25) is 14.4 Å². The number of hydrogen-bond donors (Lipinski definition) is 0. The second kappa shape index (κ2) is 55.7. The summed E-state index contributed by atoms with van der Waals surface area (Å²) in [5, 5.41) is 0. The number of ether oxygens (including phenoxy) is 3. The highest BCUT2D eigenvalue weighted by Crippen LogP contribution is 2.15. The van der Waals surface area contributed by atoms with Gasteiger partial charge >= 0.3 is 17.9 Å². The summed E-state index contributed by atoms with van der Waals surface area (Å²) < 4.78 is 16.8. The first kappa shape index (κ1) is 64.1. The minimum absolute atomic E-state index is 0.108. The molecule has 0 rings (SSSR count). The quantitative estimate of drug-likeness (QED) is 0.0199. The third kappa shape index (κ3) is 53.0. The Balaban J connectivity index is 4.46. The van der Waals surface area contributed by atoms with Crippen LogP contribution < -0.4 is 0 Å². The maximum atomic E-state index is 12.8. The van der Waals surface area contributed by atoms with Crippen molar-refractivity contribution in [2.45, 2.75) is 252 Å². The van der Waals surface area contributed by atoms with Gasteiger partial charge in [0.1, 0.15) is 13.2 Å². The van der Waals surface area contributed by atoms with Crippen LogP contribution in [0.2, 0.25) is 0 Å². The van der Waals surface area contributed by atoms with Gasteiger partial charge in [-0.1, -0.05) is 246 Å². The van der Waals surface area contributed by atoms with E-state index in [-0.39, 0.29) is 37.5 Å². The molecule has 1 unspecified atom stereocenters. The summed E-state index contributed by atoms with van der Waals surface area (Å²) in [6.07, 6.45) is 75.2. The van der Waals surface area contributed by atoms with E-state index in [0.717, 1.165) is 89.9 Å². The van der Waals surface area contributed by atoms with Gasteiger partial charge in [-0.25, -0.2) is 0 Å². The van der Waals surface area contributed by atoms with Crippen LogP contribution in [0.3, 0.4) is 0 Å². The number of carbonyl (C=O) groups excluding carboxylic acids is 3. The first-order valence-electron chi connectivity index (χ1n) is 28.0. The van der Waals surface area contributed by atoms with Crippen LogP contribution >= 0.6 is 0 Å². The number of carbonyl (C=O) groups is 3. The molecule has 6 nitrogen and oxygen atoms in total. The van der Waals surface area contributed by atoms with Crippen LogP contribution in [0.25, 0.3) is 0 Å². The van der Waals surface area contributed by atoms with Crippen LogP contribution in [0, 0.1) is 0 Å². The second-order valence-corrected chi connectivity index (χ2v) is 18.2. The third-order valence-electron chi connectivity index (χ3n) is 11.6. The molecule has 0 aromatic heterocycles. The molecular formula is C62H102O6. The van der Waals surface area contributed by atoms with Crippen molar-refractivity contribution in [3.05, 3.63) is 109 Å². The molecule has 0 heterocycles. The van der Waals surface area contributed by atoms with Gasteiger partial charge < -0.3 is 14.2 Å². The predicted octanol–water partition coefficient (Wildman–Crippen LogP) is 18.7. The van der Waals surface area contributed by atoms with Crippen molar-refractivity contribution in [2.24, 2.45) is 0 Å². The Kier molecular flexibility index (Phi) is 52.4. The monoisotopic (exact) mass is 943 g/mol. The number of esters is 3. The zero-order valence-corrected chi connectivity index (χ0v) is 44.1. The van der Waals surface area contributed by atoms with Crippen molar-refractivity contribution in [1.29, 1.82) is 0 Å². The summed E-state index contributed by atoms with van der Waals surface area (Å²) in [4.78, 5) is 38.1. The van der Waals surface area contributed by atoms with E-state index in [2.05, 4.69) is 75.5 Å². The Labute approximate surface area is 419 Å². The van der Waals surface area contributed by atoms with Gasteiger partial charge in [0.05, 0.1) is 0 Å². The first-order chi connectivity index (χ1) is 33.5. The van der Waals surface area contributed by atoms with Gasteiger partial charge in [0, 0.05) is 19.3 Å². The molecule has 1 atom stereocenters. The van der Waals surface area contributed by atoms with E-state index in [4.69, 9.17) is 14.2 Å². The summed E-state index contributed by atoms with van der Waals surface area (Å²) in [6, 6.07) is 0. The number of unbranched alkanes of at least 4 members (excludes halogenated alkanes) is 24. The Morgan fingerprint density at radius 2 is 0.662 bits per heavy atom. The average Bonchev–Trinajstić information content (AvgIpc) is 3.34. The van der Waals surface area contributed by atoms with Crippen molar-refractivity contribution >= 4 is 17.9 Å². The zero-order valence-electron chi connectivity index (χ0n) is 44.1. The SMILES string of the molecule is CC/C=C/C=C/C=C/C=C/C=C/CCCC(=O)OCC(COC(=O)CCCCCCCCCCC/C=C/C/C=C/C/C=C/CC)OC(=O)CCCCCCC/C=C/CCCCCCCCCCC. The predicted molar refractivity (Wildman–Crippen MR) is 293 cm³/mol. The maximum absolute atomic E-state index is 12.8. The second-order valence-electron chi connectivity index (χ2n) is 18.2. The lowest BCUT2D eigenvalue weighted by molar-refractivity contribution is -0.167. The summed E-state index contributed by atoms with van der Waals surface area (Å²) in [5.74, 6) is -0.999. The van der Waals surface area contributed by atoms with Crippen LogP contribution in [-0.4, -0.2) is 37.2 Å². The molecule has 0 fully saturated rings. The normalized spacial score (nSPS) is 12.9. The minimum atomic E-state index is -0.815. The Morgan fingerprint density at radius 1 is 0.324 bits per heavy atom. The van der Waals surface area contributed by atoms with Crippen LogP contribution in [0.4, 0.5) is 0 Å². The lowest BCUT2D eigenvalue weighted by Crippen LogP contribution is -2.30. The fourth-order valence-electron chi connectivity index (χ4n) is 7.48. The van der Waals surface area contributed by atoms with Crippen LogP contribution in [-0.2, 0) is 28.6 Å². The molecule has 0 aromatic rings. The van der Waals surface area contributed by atoms with Gasteiger partial charge in [0.2, 0.25) is 0 Å². The number of rotatable bonds is 49. The number of hydrogen-bond acceptors (Lipinski definition) is 6. The average molecular weight is 943 g/mol. The van der Waals surface area contributed by atoms with Crippen molar-refractivity contribution in [3.8, 4) is 0 Å². The zero-order chi connectivity index (χ0) is 49.3. The van der Waals surface area contributed by atoms with Crippen molar-refractivity contribution < 1.29 is 28.6 Å². The fourth-order valence-corrected chi connectivity index (χ4v) is 7.48. The lowest BCUT2D eigenvalue weighted by Gasteiger charge is -2.18. The molecule has 0 radical (unpaired) electrons. The molecule has 0 spiro atoms. The lowest BCUT2D eigenvalue weighted by atomic mass is 10.1. The molecule has 0 aliphatic carbocycles. The van der Waals surface area contributed by atoms with E-state index in [0.29, 0.717) is 19.3 Å². The van der Waals surface area contributed by atoms with Crippen LogP contribution in [0.15, 0.2) is 109 Å². The topological polar surface area (TPSA) is 78.9 Å². The molecule has 0 bridgehead atoms. The van der Waals surface area contributed by atoms with Crippen molar-refractivity contribution in [1.82, 2.24) is 0 Å². The highest BCUT2D eigenvalue weighted by Gasteiger charge is 2.19. The summed E-state index contributed by atoms with van der Waals surface area (Å²) in [6.45, 7) is 6.31. The van der Waals surface area contributed by atoms with Crippen LogP contribution in [0.1, 0.15) is 245 Å². The third-order valence-corrected chi connectivity index (χ3v) is 11.6. The molecule has 0 saturated carbocycles. The molecule has 0 saturated heterocycles. The van der Waals surface area contributed by atoms with E-state index >= 15 is 0 Å². The highest BCUT2D eigenvalue weighted by molar-refractivity contribution is 5.71. The van der Waals surface area contributed by atoms with E-state index in [1.54, 1.807) is 0 Å². The fraction of sp³-hybridized carbons (Fsp3) is 0.661. The minimum Gasteiger partial charge on any atom is -0.462 e. The highest BCUT2D eigenvalue weighted by atomic mass is 16.6. The molecule has 0 aliphatic rings. The Morgan fingerprint density at radius 3 is 1.13 bits per heavy atom. The molecule has 386 valence electrons. The van der Waals surface area contributed by atoms with Gasteiger partial charge in [-0.15, -0.1) is 0 Å². The van der Waals surface area contributed by atoms with Gasteiger partial charge in [0.25, 0.3) is 0 Å². The molecule has 6 heteroatoms. The van der Waals surface area contributed by atoms with E-state index < -0.39 is 6.10 Å². The van der Waals surface area contributed by atoms with Gasteiger partial charge in [-0.05, 0) is 89.9 Å². The first-order valence-corrected chi connectivity index (χ1v) is 28.0. The molecule has 0 aromatic carbocycles. The molecule has 0 aliphatic heterocycles. The smallest absolute Gasteiger partial charge is 0.306 e. The molecule has 68 heavy (non-hydrogen) atoms. The van der Waals surface area contributed by atoms with Gasteiger partial charge in [0.15, 0.2) is 6.10 Å². The van der Waals surface area contributed by atoms with Gasteiger partial charge in [-0.2, -0.15) is 0 Å². The number of allylic oxidation sites excluding steroid dienone is 18. The Bertz CT molecular complexity index is 1410. The molecule has 0 amide bonds. The summed E-state index contributed by atoms with van der Waals surface area (Å²) in [5.41, 5.74) is 0. The van der Waals surface area contributed by atoms with Crippen LogP contribution in [0.5, 0.6) is 0 Å². The molecular weight excluding hydrogens is 841 g/mol. The maximum Gasteiger partial charge on any atom is 0.306 e. The standard InChI is InChI=1S/C62H102O6/c1-4-7-10-13-16-19-22-25-27-29-31-33-34-37-40-43-46-49-52-55-61(64)67-58-59(57-66-60(63)54-51-48-45-42-39-36-24-21-18-15-12-9-6-3)68-62(65)56-53-50-47-44-41-38-35-32-30-28-26-23-20-17-14-11-8-5-2/h7,9-10,12,15-16,18-19,21,24-25,27,32,35-36,39,42,45,59H,4-6,8,11,13-14,17,20,22-23,26,28-31,33-34,37-38,40-41,43-44,46-58H2,1-3H3/b10-7+,12-9+,18-15+,19-16+,24-21+,27-25+,35-32+,39-36+,45-42+. The van der Waals surface area contributed by atoms with E-state index in [1.165, 1.54) is 109 Å². The van der Waals surface area contributed by atoms with Crippen molar-refractivity contribution in [2.75, 3.05) is 13.2 Å². The summed E-state index contributed by atoms with van der Waals surface area (Å²) >= 11 is 0. The summed E-state index contributed by atoms with van der Waals surface area (Å²) in [7, 11) is 0. The van der Waals surface area contributed by atoms with E-state index in [9.17, 15) is 14.4 Å². The largest absolute Gasteiger partial charge is 0.462 e. The molecule has 0 N–H and O–H groups in total. The van der Waals surface area contributed by atoms with E-state index in [1.807, 2.05) is 54.7 Å². The van der Waals surface area contributed by atoms with Crippen molar-refractivity contribution in [3.63, 3.8) is 0 Å².